The van der Waals surface area contributed by atoms with E-state index in [-0.39, 0.29) is 36.9 Å². The maximum Gasteiger partial charge on any atom is 0.410 e. The van der Waals surface area contributed by atoms with Crippen LogP contribution in [0, 0.1) is 24.5 Å². The molecule has 3 heterocycles. The van der Waals surface area contributed by atoms with Crippen LogP contribution in [0.3, 0.4) is 0 Å². The molecule has 40 heavy (non-hydrogen) atoms. The number of rotatable bonds is 7. The fraction of sp³-hybridized carbons (Fsp3) is 0.414. The van der Waals surface area contributed by atoms with Gasteiger partial charge in [-0.3, -0.25) is 4.98 Å². The van der Waals surface area contributed by atoms with Crippen molar-refractivity contribution >= 4 is 23.4 Å². The minimum absolute atomic E-state index is 0.169. The molecule has 0 saturated carbocycles. The predicted molar refractivity (Wildman–Crippen MR) is 145 cm³/mol. The first-order valence-electron chi connectivity index (χ1n) is 12.7. The molecule has 0 bridgehead atoms. The van der Waals surface area contributed by atoms with Gasteiger partial charge in [0.15, 0.2) is 0 Å². The van der Waals surface area contributed by atoms with Crippen molar-refractivity contribution in [2.45, 2.75) is 52.4 Å². The molecule has 1 saturated heterocycles. The zero-order valence-electron chi connectivity index (χ0n) is 23.2. The Morgan fingerprint density at radius 1 is 1.10 bits per heavy atom. The first-order valence-corrected chi connectivity index (χ1v) is 13.5. The number of aromatic nitrogens is 1. The van der Waals surface area contributed by atoms with E-state index in [0.29, 0.717) is 21.7 Å². The lowest BCUT2D eigenvalue weighted by molar-refractivity contribution is -0.0817. The highest BCUT2D eigenvalue weighted by atomic mass is 32.1. The third-order valence-corrected chi connectivity index (χ3v) is 7.67. The lowest BCUT2D eigenvalue weighted by Gasteiger charge is -2.46. The van der Waals surface area contributed by atoms with Gasteiger partial charge in [0, 0.05) is 47.3 Å². The van der Waals surface area contributed by atoms with Crippen LogP contribution in [-0.4, -0.2) is 52.9 Å². The zero-order chi connectivity index (χ0) is 29.4. The second kappa shape index (κ2) is 11.1. The summed E-state index contributed by atoms with van der Waals surface area (Å²) in [5, 5.41) is 11.5. The molecule has 4 rings (SSSR count). The number of aryl methyl sites for hydroxylation is 1. The monoisotopic (exact) mass is 574 g/mol. The number of thiophene rings is 1. The number of amides is 1. The third-order valence-electron chi connectivity index (χ3n) is 6.64. The maximum absolute atomic E-state index is 13.8. The molecule has 11 heteroatoms. The Labute approximate surface area is 235 Å². The van der Waals surface area contributed by atoms with Crippen molar-refractivity contribution in [2.24, 2.45) is 5.92 Å². The minimum Gasteiger partial charge on any atom is -0.487 e. The van der Waals surface area contributed by atoms with E-state index in [4.69, 9.17) is 14.2 Å². The van der Waals surface area contributed by atoms with E-state index in [9.17, 15) is 23.5 Å². The normalized spacial score (nSPS) is 15.3. The van der Waals surface area contributed by atoms with Crippen LogP contribution in [0.15, 0.2) is 36.5 Å². The van der Waals surface area contributed by atoms with E-state index in [1.54, 1.807) is 39.8 Å². The van der Waals surface area contributed by atoms with Gasteiger partial charge in [-0.2, -0.15) is 0 Å². The van der Waals surface area contributed by atoms with Gasteiger partial charge in [0.05, 0.1) is 12.7 Å². The van der Waals surface area contributed by atoms with Crippen LogP contribution in [0.4, 0.5) is 13.6 Å². The van der Waals surface area contributed by atoms with Crippen molar-refractivity contribution in [1.82, 2.24) is 9.88 Å². The van der Waals surface area contributed by atoms with Crippen LogP contribution in [0.5, 0.6) is 5.75 Å². The van der Waals surface area contributed by atoms with Crippen molar-refractivity contribution in [3.8, 4) is 17.0 Å². The number of pyridine rings is 1. The molecule has 1 aliphatic heterocycles. The molecule has 1 fully saturated rings. The fourth-order valence-corrected chi connectivity index (χ4v) is 5.29. The molecule has 214 valence electrons. The molecule has 1 N–H and O–H groups in total. The summed E-state index contributed by atoms with van der Waals surface area (Å²) in [4.78, 5) is 31.8. The van der Waals surface area contributed by atoms with E-state index in [1.807, 2.05) is 6.92 Å². The van der Waals surface area contributed by atoms with E-state index in [1.165, 1.54) is 41.7 Å². The molecule has 0 spiro atoms. The Kier molecular flexibility index (Phi) is 8.18. The second-order valence-corrected chi connectivity index (χ2v) is 12.2. The molecule has 1 aliphatic rings. The van der Waals surface area contributed by atoms with Gasteiger partial charge in [0.1, 0.15) is 40.2 Å². The number of benzene rings is 1. The lowest BCUT2D eigenvalue weighted by Crippen LogP contribution is -2.58. The smallest absolute Gasteiger partial charge is 0.410 e. The highest BCUT2D eigenvalue weighted by Crippen LogP contribution is 2.41. The molecule has 1 atom stereocenters. The number of halogens is 2. The summed E-state index contributed by atoms with van der Waals surface area (Å²) in [6.45, 7) is 9.22. The maximum atomic E-state index is 13.8. The summed E-state index contributed by atoms with van der Waals surface area (Å²) in [7, 11) is 1.29. The Bertz CT molecular complexity index is 1410. The number of nitrogens with zero attached hydrogens (tertiary/aromatic N) is 2. The Hall–Kier alpha value is -3.57. The van der Waals surface area contributed by atoms with Crippen LogP contribution in [0.25, 0.3) is 11.3 Å². The number of aliphatic hydroxyl groups is 1. The molecule has 8 nitrogen and oxygen atoms in total. The van der Waals surface area contributed by atoms with Crippen LogP contribution < -0.4 is 4.74 Å². The van der Waals surface area contributed by atoms with Gasteiger partial charge in [-0.25, -0.2) is 18.4 Å². The Morgan fingerprint density at radius 3 is 2.35 bits per heavy atom. The van der Waals surface area contributed by atoms with Gasteiger partial charge in [0.2, 0.25) is 0 Å². The summed E-state index contributed by atoms with van der Waals surface area (Å²) in [6, 6.07) is 6.38. The fourth-order valence-electron chi connectivity index (χ4n) is 4.35. The summed E-state index contributed by atoms with van der Waals surface area (Å²) < 4.78 is 43.8. The van der Waals surface area contributed by atoms with E-state index in [0.717, 1.165) is 10.9 Å². The summed E-state index contributed by atoms with van der Waals surface area (Å²) >= 11 is 1.24. The summed E-state index contributed by atoms with van der Waals surface area (Å²) in [5.41, 5.74) is -0.291. The number of ether oxygens (including phenoxy) is 3. The topological polar surface area (TPSA) is 98.2 Å². The molecular weight excluding hydrogens is 542 g/mol. The van der Waals surface area contributed by atoms with Gasteiger partial charge in [-0.1, -0.05) is 0 Å². The molecule has 0 aliphatic carbocycles. The van der Waals surface area contributed by atoms with Crippen molar-refractivity contribution < 1.29 is 37.7 Å². The molecule has 0 radical (unpaired) electrons. The number of carbonyl (C=O) groups is 2. The van der Waals surface area contributed by atoms with Crippen LogP contribution >= 0.6 is 11.3 Å². The van der Waals surface area contributed by atoms with Gasteiger partial charge in [0.25, 0.3) is 0 Å². The zero-order valence-corrected chi connectivity index (χ0v) is 24.0. The third kappa shape index (κ3) is 6.42. The van der Waals surface area contributed by atoms with Gasteiger partial charge in [-0.15, -0.1) is 11.3 Å². The van der Waals surface area contributed by atoms with Crippen molar-refractivity contribution in [3.05, 3.63) is 69.0 Å². The van der Waals surface area contributed by atoms with Crippen molar-refractivity contribution in [1.29, 1.82) is 0 Å². The highest BCUT2D eigenvalue weighted by Gasteiger charge is 2.45. The molecule has 1 amide bonds. The van der Waals surface area contributed by atoms with Gasteiger partial charge in [-0.05, 0) is 64.4 Å². The number of hydrogen-bond donors (Lipinski definition) is 1. The van der Waals surface area contributed by atoms with Gasteiger partial charge >= 0.3 is 12.1 Å². The number of carbonyl (C=O) groups excluding carboxylic acids is 2. The molecule has 1 unspecified atom stereocenters. The largest absolute Gasteiger partial charge is 0.487 e. The number of hydrogen-bond acceptors (Lipinski definition) is 8. The lowest BCUT2D eigenvalue weighted by atomic mass is 9.78. The number of methoxy groups -OCH3 is 1. The molecule has 3 aromatic rings. The van der Waals surface area contributed by atoms with Crippen molar-refractivity contribution in [3.63, 3.8) is 0 Å². The highest BCUT2D eigenvalue weighted by molar-refractivity contribution is 7.14. The van der Waals surface area contributed by atoms with Crippen LogP contribution in [0.1, 0.15) is 53.4 Å². The van der Waals surface area contributed by atoms with E-state index < -0.39 is 34.9 Å². The van der Waals surface area contributed by atoms with Crippen LogP contribution in [0.2, 0.25) is 0 Å². The van der Waals surface area contributed by atoms with E-state index >= 15 is 0 Å². The first-order chi connectivity index (χ1) is 18.7. The SMILES string of the molecule is COC(=O)c1cc(-c2ncc(C(C)(O)C3CN(C(=O)OC(C)(C)C)C3)cc2OCc2cc(F)cc(F)c2)c(C)s1. The number of likely N-dealkylation sites (tertiary alicyclic amines) is 1. The van der Waals surface area contributed by atoms with Gasteiger partial charge < -0.3 is 24.2 Å². The summed E-state index contributed by atoms with van der Waals surface area (Å²) in [6.07, 6.45) is 1.07. The Balaban J connectivity index is 1.64. The summed E-state index contributed by atoms with van der Waals surface area (Å²) in [5.74, 6) is -2.00. The quantitative estimate of drug-likeness (QED) is 0.354. The number of esters is 1. The average Bonchev–Trinajstić information content (AvgIpc) is 3.20. The second-order valence-electron chi connectivity index (χ2n) is 10.9. The van der Waals surface area contributed by atoms with Crippen LogP contribution in [-0.2, 0) is 21.7 Å². The van der Waals surface area contributed by atoms with Crippen molar-refractivity contribution in [2.75, 3.05) is 20.2 Å². The molecule has 2 aromatic heterocycles. The molecule has 1 aromatic carbocycles. The minimum atomic E-state index is -1.38. The first kappa shape index (κ1) is 29.4. The standard InChI is InChI=1S/C29H32F2N2O6S/c1-16-22(11-24(40-16)26(34)37-6)25-23(38-15-17-7-20(30)10-21(31)8-17)9-18(12-32-25)29(5,36)19-13-33(14-19)27(35)39-28(2,3)4/h7-12,19,36H,13-15H2,1-6H3. The average molecular weight is 575 g/mol. The Morgan fingerprint density at radius 2 is 1.75 bits per heavy atom. The molecular formula is C29H32F2N2O6S. The predicted octanol–water partition coefficient (Wildman–Crippen LogP) is 5.84. The van der Waals surface area contributed by atoms with E-state index in [2.05, 4.69) is 4.98 Å².